The molecule has 0 aliphatic heterocycles. The van der Waals surface area contributed by atoms with Crippen LogP contribution < -0.4 is 0 Å². The SMILES string of the molecule is COC(=O)C(C#N)=C1c2ccccc2C(=S)c2ccccc21. The Morgan fingerprint density at radius 2 is 1.45 bits per heavy atom. The van der Waals surface area contributed by atoms with Crippen molar-refractivity contribution in [2.24, 2.45) is 0 Å². The van der Waals surface area contributed by atoms with Crippen molar-refractivity contribution in [3.8, 4) is 6.07 Å². The highest BCUT2D eigenvalue weighted by Gasteiger charge is 2.28. The minimum Gasteiger partial charge on any atom is -0.465 e. The summed E-state index contributed by atoms with van der Waals surface area (Å²) in [6.07, 6.45) is 0. The van der Waals surface area contributed by atoms with E-state index in [1.807, 2.05) is 54.6 Å². The van der Waals surface area contributed by atoms with Crippen LogP contribution in [0.2, 0.25) is 0 Å². The normalized spacial score (nSPS) is 12.0. The molecule has 0 aromatic heterocycles. The Balaban J connectivity index is 2.44. The Kier molecular flexibility index (Phi) is 3.58. The highest BCUT2D eigenvalue weighted by atomic mass is 32.1. The second-order valence-corrected chi connectivity index (χ2v) is 5.18. The highest BCUT2D eigenvalue weighted by Crippen LogP contribution is 2.38. The maximum atomic E-state index is 12.0. The smallest absolute Gasteiger partial charge is 0.349 e. The molecule has 0 bridgehead atoms. The van der Waals surface area contributed by atoms with E-state index in [0.29, 0.717) is 5.57 Å². The quantitative estimate of drug-likeness (QED) is 0.300. The third kappa shape index (κ3) is 2.03. The average molecular weight is 305 g/mol. The Bertz CT molecular complexity index is 823. The van der Waals surface area contributed by atoms with Crippen LogP contribution in [0, 0.1) is 11.3 Å². The molecule has 22 heavy (non-hydrogen) atoms. The predicted molar refractivity (Wildman–Crippen MR) is 87.3 cm³/mol. The number of carbonyl (C=O) groups excluding carboxylic acids is 1. The van der Waals surface area contributed by atoms with E-state index in [2.05, 4.69) is 0 Å². The lowest BCUT2D eigenvalue weighted by molar-refractivity contribution is -0.135. The molecule has 0 fully saturated rings. The molecule has 0 heterocycles. The van der Waals surface area contributed by atoms with E-state index in [1.165, 1.54) is 7.11 Å². The maximum absolute atomic E-state index is 12.0. The van der Waals surface area contributed by atoms with Crippen LogP contribution in [-0.2, 0) is 9.53 Å². The van der Waals surface area contributed by atoms with Gasteiger partial charge in [-0.15, -0.1) is 0 Å². The van der Waals surface area contributed by atoms with E-state index in [1.54, 1.807) is 0 Å². The van der Waals surface area contributed by atoms with Crippen LogP contribution in [0.3, 0.4) is 0 Å². The highest BCUT2D eigenvalue weighted by molar-refractivity contribution is 7.81. The first-order chi connectivity index (χ1) is 10.7. The van der Waals surface area contributed by atoms with E-state index in [-0.39, 0.29) is 5.57 Å². The van der Waals surface area contributed by atoms with Crippen molar-refractivity contribution in [3.63, 3.8) is 0 Å². The topological polar surface area (TPSA) is 50.1 Å². The van der Waals surface area contributed by atoms with Crippen LogP contribution >= 0.6 is 12.2 Å². The molecule has 0 unspecified atom stereocenters. The standard InChI is InChI=1S/C18H11NO2S/c1-21-18(20)15(10-19)16-11-6-2-4-8-13(11)17(22)14-9-5-3-7-12(14)16/h2-9H,1H3. The van der Waals surface area contributed by atoms with Gasteiger partial charge >= 0.3 is 5.97 Å². The number of benzene rings is 2. The van der Waals surface area contributed by atoms with Crippen molar-refractivity contribution in [1.82, 2.24) is 0 Å². The third-order valence-corrected chi connectivity index (χ3v) is 4.07. The van der Waals surface area contributed by atoms with Crippen LogP contribution in [0.5, 0.6) is 0 Å². The molecule has 0 saturated heterocycles. The number of esters is 1. The Morgan fingerprint density at radius 3 is 1.86 bits per heavy atom. The molecule has 3 rings (SSSR count). The van der Waals surface area contributed by atoms with Crippen molar-refractivity contribution in [1.29, 1.82) is 5.26 Å². The average Bonchev–Trinajstić information content (AvgIpc) is 2.58. The summed E-state index contributed by atoms with van der Waals surface area (Å²) in [5, 5.41) is 9.46. The van der Waals surface area contributed by atoms with Gasteiger partial charge in [0.25, 0.3) is 0 Å². The minimum atomic E-state index is -0.644. The van der Waals surface area contributed by atoms with E-state index in [0.717, 1.165) is 27.1 Å². The van der Waals surface area contributed by atoms with Gasteiger partial charge in [0.2, 0.25) is 0 Å². The van der Waals surface area contributed by atoms with Crippen molar-refractivity contribution in [3.05, 3.63) is 76.4 Å². The Labute approximate surface area is 133 Å². The van der Waals surface area contributed by atoms with Crippen LogP contribution in [0.15, 0.2) is 54.1 Å². The summed E-state index contributed by atoms with van der Waals surface area (Å²) in [5.74, 6) is -0.644. The molecule has 0 radical (unpaired) electrons. The number of nitriles is 1. The lowest BCUT2D eigenvalue weighted by Gasteiger charge is -2.24. The predicted octanol–water partition coefficient (Wildman–Crippen LogP) is 3.26. The summed E-state index contributed by atoms with van der Waals surface area (Å²) in [7, 11) is 1.27. The molecule has 0 amide bonds. The maximum Gasteiger partial charge on any atom is 0.349 e. The van der Waals surface area contributed by atoms with Crippen LogP contribution in [-0.4, -0.2) is 17.9 Å². The molecule has 4 heteroatoms. The van der Waals surface area contributed by atoms with Crippen molar-refractivity contribution < 1.29 is 9.53 Å². The second kappa shape index (κ2) is 5.55. The van der Waals surface area contributed by atoms with Gasteiger partial charge in [0, 0.05) is 16.7 Å². The zero-order valence-electron chi connectivity index (χ0n) is 11.8. The molecule has 2 aromatic rings. The van der Waals surface area contributed by atoms with Gasteiger partial charge in [-0.1, -0.05) is 60.7 Å². The summed E-state index contributed by atoms with van der Waals surface area (Å²) in [5.41, 5.74) is 3.84. The fourth-order valence-corrected chi connectivity index (χ4v) is 3.02. The molecule has 1 aliphatic rings. The number of nitrogens with zero attached hydrogens (tertiary/aromatic N) is 1. The molecule has 3 nitrogen and oxygen atoms in total. The number of fused-ring (bicyclic) bond motifs is 2. The van der Waals surface area contributed by atoms with E-state index in [9.17, 15) is 10.1 Å². The lowest BCUT2D eigenvalue weighted by Crippen LogP contribution is -2.16. The molecule has 1 aliphatic carbocycles. The number of hydrogen-bond donors (Lipinski definition) is 0. The Morgan fingerprint density at radius 1 is 1.00 bits per heavy atom. The first-order valence-electron chi connectivity index (χ1n) is 6.65. The van der Waals surface area contributed by atoms with Gasteiger partial charge in [-0.25, -0.2) is 4.79 Å². The molecule has 0 spiro atoms. The lowest BCUT2D eigenvalue weighted by atomic mass is 9.80. The first kappa shape index (κ1) is 14.2. The van der Waals surface area contributed by atoms with Crippen LogP contribution in [0.25, 0.3) is 5.57 Å². The number of thiocarbonyl (C=S) groups is 1. The number of rotatable bonds is 1. The number of hydrogen-bond acceptors (Lipinski definition) is 4. The van der Waals surface area contributed by atoms with Crippen molar-refractivity contribution in [2.45, 2.75) is 0 Å². The Hall–Kier alpha value is -2.77. The molecule has 0 atom stereocenters. The molecule has 106 valence electrons. The van der Waals surface area contributed by atoms with Gasteiger partial charge in [0.15, 0.2) is 0 Å². The summed E-state index contributed by atoms with van der Waals surface area (Å²) in [6, 6.07) is 17.0. The summed E-state index contributed by atoms with van der Waals surface area (Å²) in [6.45, 7) is 0. The van der Waals surface area contributed by atoms with Gasteiger partial charge in [-0.3, -0.25) is 0 Å². The molecular formula is C18H11NO2S. The van der Waals surface area contributed by atoms with E-state index < -0.39 is 5.97 Å². The minimum absolute atomic E-state index is 0.00935. The van der Waals surface area contributed by atoms with Gasteiger partial charge < -0.3 is 4.74 Å². The first-order valence-corrected chi connectivity index (χ1v) is 7.06. The molecular weight excluding hydrogens is 294 g/mol. The number of carbonyl (C=O) groups is 1. The van der Waals surface area contributed by atoms with Crippen molar-refractivity contribution >= 4 is 28.6 Å². The van der Waals surface area contributed by atoms with Gasteiger partial charge in [0.1, 0.15) is 11.6 Å². The number of methoxy groups -OCH3 is 1. The summed E-state index contributed by atoms with van der Waals surface area (Å²) < 4.78 is 4.76. The van der Waals surface area contributed by atoms with E-state index >= 15 is 0 Å². The zero-order valence-corrected chi connectivity index (χ0v) is 12.6. The molecule has 2 aromatic carbocycles. The fourth-order valence-electron chi connectivity index (χ4n) is 2.66. The zero-order chi connectivity index (χ0) is 15.7. The monoisotopic (exact) mass is 305 g/mol. The summed E-state index contributed by atoms with van der Waals surface area (Å²) in [4.78, 5) is 12.7. The van der Waals surface area contributed by atoms with Gasteiger partial charge in [-0.05, 0) is 11.1 Å². The second-order valence-electron chi connectivity index (χ2n) is 4.77. The fraction of sp³-hybridized carbons (Fsp3) is 0.0556. The van der Waals surface area contributed by atoms with Crippen LogP contribution in [0.4, 0.5) is 0 Å². The molecule has 0 saturated carbocycles. The van der Waals surface area contributed by atoms with Gasteiger partial charge in [0.05, 0.1) is 12.0 Å². The van der Waals surface area contributed by atoms with Crippen LogP contribution in [0.1, 0.15) is 22.3 Å². The third-order valence-electron chi connectivity index (χ3n) is 3.63. The largest absolute Gasteiger partial charge is 0.465 e. The number of ether oxygens (including phenoxy) is 1. The van der Waals surface area contributed by atoms with Crippen molar-refractivity contribution in [2.75, 3.05) is 7.11 Å². The summed E-state index contributed by atoms with van der Waals surface area (Å²) >= 11 is 5.56. The van der Waals surface area contributed by atoms with E-state index in [4.69, 9.17) is 17.0 Å². The van der Waals surface area contributed by atoms with Gasteiger partial charge in [-0.2, -0.15) is 5.26 Å². The molecule has 0 N–H and O–H groups in total.